The SMILES string of the molecule is C=C(O)C(c1ccccc1[C@H]1CC1OC)N1CC[C@@H](OCCCCc2ccc3c(n2)NCCC3)C1. The minimum Gasteiger partial charge on any atom is -0.511 e. The summed E-state index contributed by atoms with van der Waals surface area (Å²) in [5.74, 6) is 1.70. The van der Waals surface area contributed by atoms with Crippen LogP contribution < -0.4 is 5.32 Å². The number of hydrogen-bond acceptors (Lipinski definition) is 6. The third kappa shape index (κ3) is 5.71. The standard InChI is InChI=1S/C29H39N3O3/c1-20(33)28(25-11-4-3-10-24(25)26-18-27(26)34-2)32-16-14-23(19-32)35-17-6-5-9-22-13-12-21-8-7-15-30-29(21)31-22/h3-4,10-13,23,26-28,33H,1,5-9,14-19H2,2H3,(H,30,31)/t23-,26-,27?,28?/m1/s1. The number of fused-ring (bicyclic) bond motifs is 1. The normalized spacial score (nSPS) is 24.5. The molecular formula is C29H39N3O3. The lowest BCUT2D eigenvalue weighted by molar-refractivity contribution is 0.0524. The van der Waals surface area contributed by atoms with Gasteiger partial charge in [-0.3, -0.25) is 4.90 Å². The lowest BCUT2D eigenvalue weighted by atomic mass is 9.95. The molecule has 2 unspecified atom stereocenters. The second-order valence-electron chi connectivity index (χ2n) is 10.2. The lowest BCUT2D eigenvalue weighted by Gasteiger charge is -2.29. The van der Waals surface area contributed by atoms with Gasteiger partial charge in [0.15, 0.2) is 0 Å². The second-order valence-corrected chi connectivity index (χ2v) is 10.2. The van der Waals surface area contributed by atoms with E-state index < -0.39 is 0 Å². The number of pyridine rings is 1. The number of likely N-dealkylation sites (tertiary alicyclic amines) is 1. The first-order valence-corrected chi connectivity index (χ1v) is 13.2. The summed E-state index contributed by atoms with van der Waals surface area (Å²) in [7, 11) is 1.78. The van der Waals surface area contributed by atoms with Gasteiger partial charge in [-0.25, -0.2) is 4.98 Å². The van der Waals surface area contributed by atoms with Crippen LogP contribution in [0.25, 0.3) is 0 Å². The Balaban J connectivity index is 1.10. The Morgan fingerprint density at radius 1 is 1.26 bits per heavy atom. The maximum absolute atomic E-state index is 10.6. The summed E-state index contributed by atoms with van der Waals surface area (Å²) in [5, 5.41) is 14.0. The van der Waals surface area contributed by atoms with E-state index in [1.54, 1.807) is 7.11 Å². The quantitative estimate of drug-likeness (QED) is 0.344. The Hall–Kier alpha value is -2.41. The Morgan fingerprint density at radius 2 is 2.14 bits per heavy atom. The van der Waals surface area contributed by atoms with E-state index in [0.29, 0.717) is 5.92 Å². The Kier molecular flexibility index (Phi) is 7.71. The summed E-state index contributed by atoms with van der Waals surface area (Å²) in [6.07, 6.45) is 7.92. The first kappa shape index (κ1) is 24.3. The molecule has 3 aliphatic rings. The number of hydrogen-bond donors (Lipinski definition) is 2. The van der Waals surface area contributed by atoms with Gasteiger partial charge in [0.05, 0.1) is 18.2 Å². The van der Waals surface area contributed by atoms with E-state index >= 15 is 0 Å². The topological polar surface area (TPSA) is 66.9 Å². The summed E-state index contributed by atoms with van der Waals surface area (Å²) < 4.78 is 11.8. The van der Waals surface area contributed by atoms with Gasteiger partial charge < -0.3 is 19.9 Å². The highest BCUT2D eigenvalue weighted by Gasteiger charge is 2.42. The predicted molar refractivity (Wildman–Crippen MR) is 139 cm³/mol. The van der Waals surface area contributed by atoms with Crippen LogP contribution in [0.1, 0.15) is 66.4 Å². The van der Waals surface area contributed by atoms with E-state index in [4.69, 9.17) is 14.5 Å². The molecule has 6 heteroatoms. The number of methoxy groups -OCH3 is 1. The number of benzene rings is 1. The van der Waals surface area contributed by atoms with Crippen LogP contribution in [-0.4, -0.2) is 60.5 Å². The highest BCUT2D eigenvalue weighted by molar-refractivity contribution is 5.47. The van der Waals surface area contributed by atoms with Gasteiger partial charge in [0.1, 0.15) is 11.6 Å². The molecule has 1 aliphatic carbocycles. The number of rotatable bonds is 11. The molecule has 2 fully saturated rings. The van der Waals surface area contributed by atoms with Crippen molar-refractivity contribution in [3.05, 3.63) is 71.1 Å². The van der Waals surface area contributed by atoms with Crippen LogP contribution in [0.3, 0.4) is 0 Å². The van der Waals surface area contributed by atoms with E-state index in [9.17, 15) is 5.11 Å². The lowest BCUT2D eigenvalue weighted by Crippen LogP contribution is -2.30. The Labute approximate surface area is 209 Å². The molecule has 2 N–H and O–H groups in total. The fourth-order valence-electron chi connectivity index (χ4n) is 5.73. The zero-order valence-corrected chi connectivity index (χ0v) is 20.9. The molecule has 0 amide bonds. The molecule has 1 aromatic heterocycles. The molecule has 2 aliphatic heterocycles. The summed E-state index contributed by atoms with van der Waals surface area (Å²) >= 11 is 0. The number of nitrogens with one attached hydrogen (secondary N) is 1. The number of nitrogens with zero attached hydrogens (tertiary/aromatic N) is 2. The number of unbranched alkanes of at least 4 members (excludes halogenated alkanes) is 1. The number of aliphatic hydroxyl groups is 1. The fourth-order valence-corrected chi connectivity index (χ4v) is 5.73. The van der Waals surface area contributed by atoms with Crippen LogP contribution in [0, 0.1) is 0 Å². The van der Waals surface area contributed by atoms with Crippen molar-refractivity contribution in [2.75, 3.05) is 38.7 Å². The molecule has 0 spiro atoms. The van der Waals surface area contributed by atoms with Gasteiger partial charge in [-0.2, -0.15) is 0 Å². The number of aromatic nitrogens is 1. The van der Waals surface area contributed by atoms with Gasteiger partial charge in [0, 0.05) is 45.0 Å². The molecule has 2 aromatic rings. The van der Waals surface area contributed by atoms with Crippen molar-refractivity contribution >= 4 is 5.82 Å². The van der Waals surface area contributed by atoms with E-state index in [0.717, 1.165) is 76.1 Å². The minimum atomic E-state index is -0.193. The van der Waals surface area contributed by atoms with Gasteiger partial charge in [-0.15, -0.1) is 0 Å². The summed E-state index contributed by atoms with van der Waals surface area (Å²) in [5.41, 5.74) is 4.93. The van der Waals surface area contributed by atoms with E-state index in [1.807, 2.05) is 0 Å². The Morgan fingerprint density at radius 3 is 2.97 bits per heavy atom. The molecule has 35 heavy (non-hydrogen) atoms. The maximum atomic E-state index is 10.6. The maximum Gasteiger partial charge on any atom is 0.129 e. The van der Waals surface area contributed by atoms with Crippen molar-refractivity contribution < 1.29 is 14.6 Å². The van der Waals surface area contributed by atoms with Crippen LogP contribution in [-0.2, 0) is 22.3 Å². The zero-order chi connectivity index (χ0) is 24.2. The van der Waals surface area contributed by atoms with Crippen molar-refractivity contribution in [2.24, 2.45) is 0 Å². The molecule has 188 valence electrons. The van der Waals surface area contributed by atoms with Crippen molar-refractivity contribution in [3.63, 3.8) is 0 Å². The van der Waals surface area contributed by atoms with Crippen molar-refractivity contribution in [2.45, 2.75) is 69.1 Å². The van der Waals surface area contributed by atoms with Gasteiger partial charge in [0.25, 0.3) is 0 Å². The molecule has 5 rings (SSSR count). The summed E-state index contributed by atoms with van der Waals surface area (Å²) in [4.78, 5) is 7.12. The molecule has 4 atom stereocenters. The first-order valence-electron chi connectivity index (χ1n) is 13.2. The predicted octanol–water partition coefficient (Wildman–Crippen LogP) is 5.17. The highest BCUT2D eigenvalue weighted by atomic mass is 16.5. The van der Waals surface area contributed by atoms with Gasteiger partial charge >= 0.3 is 0 Å². The van der Waals surface area contributed by atoms with Gasteiger partial charge in [-0.1, -0.05) is 36.9 Å². The van der Waals surface area contributed by atoms with Crippen LogP contribution in [0.2, 0.25) is 0 Å². The smallest absolute Gasteiger partial charge is 0.129 e. The van der Waals surface area contributed by atoms with Crippen LogP contribution in [0.15, 0.2) is 48.7 Å². The molecule has 3 heterocycles. The second kappa shape index (κ2) is 11.1. The van der Waals surface area contributed by atoms with E-state index in [2.05, 4.69) is 53.2 Å². The van der Waals surface area contributed by atoms with Crippen LogP contribution in [0.4, 0.5) is 5.82 Å². The number of aryl methyl sites for hydroxylation is 2. The van der Waals surface area contributed by atoms with Crippen LogP contribution >= 0.6 is 0 Å². The third-order valence-corrected chi connectivity index (χ3v) is 7.71. The molecule has 0 radical (unpaired) electrons. The van der Waals surface area contributed by atoms with Crippen molar-refractivity contribution in [1.82, 2.24) is 9.88 Å². The number of aliphatic hydroxyl groups excluding tert-OH is 1. The van der Waals surface area contributed by atoms with E-state index in [1.165, 1.54) is 23.2 Å². The summed E-state index contributed by atoms with van der Waals surface area (Å²) in [6.45, 7) is 7.44. The molecule has 6 nitrogen and oxygen atoms in total. The average Bonchev–Trinajstić information content (AvgIpc) is 3.53. The minimum absolute atomic E-state index is 0.193. The van der Waals surface area contributed by atoms with Gasteiger partial charge in [-0.05, 0) is 67.7 Å². The van der Waals surface area contributed by atoms with Gasteiger partial charge in [0.2, 0.25) is 0 Å². The number of ether oxygens (including phenoxy) is 2. The molecule has 1 saturated carbocycles. The average molecular weight is 478 g/mol. The number of anilines is 1. The van der Waals surface area contributed by atoms with E-state index in [-0.39, 0.29) is 24.0 Å². The Bertz CT molecular complexity index is 1030. The largest absolute Gasteiger partial charge is 0.511 e. The summed E-state index contributed by atoms with van der Waals surface area (Å²) in [6, 6.07) is 12.6. The first-order chi connectivity index (χ1) is 17.1. The van der Waals surface area contributed by atoms with Crippen molar-refractivity contribution in [1.29, 1.82) is 0 Å². The third-order valence-electron chi connectivity index (χ3n) is 7.71. The molecule has 1 aromatic carbocycles. The van der Waals surface area contributed by atoms with Crippen LogP contribution in [0.5, 0.6) is 0 Å². The van der Waals surface area contributed by atoms with Crippen molar-refractivity contribution in [3.8, 4) is 0 Å². The zero-order valence-electron chi connectivity index (χ0n) is 20.9. The molecule has 1 saturated heterocycles. The fraction of sp³-hybridized carbons (Fsp3) is 0.552. The molecule has 0 bridgehead atoms. The monoisotopic (exact) mass is 477 g/mol. The molecular weight excluding hydrogens is 438 g/mol. The highest BCUT2D eigenvalue weighted by Crippen LogP contribution is 2.47.